The van der Waals surface area contributed by atoms with E-state index in [1.807, 2.05) is 0 Å². The molecule has 1 fully saturated rings. The van der Waals surface area contributed by atoms with Gasteiger partial charge in [-0.2, -0.15) is 0 Å². The Kier molecular flexibility index (Phi) is 6.86. The second-order valence-electron chi connectivity index (χ2n) is 6.17. The second kappa shape index (κ2) is 9.55. The van der Waals surface area contributed by atoms with E-state index < -0.39 is 17.8 Å². The fourth-order valence-electron chi connectivity index (χ4n) is 2.64. The van der Waals surface area contributed by atoms with E-state index in [4.69, 9.17) is 17.0 Å². The molecule has 1 saturated heterocycles. The third-order valence-corrected chi connectivity index (χ3v) is 5.46. The number of thioether (sulfide) groups is 1. The number of benzene rings is 2. The third-order valence-electron chi connectivity index (χ3n) is 4.08. The monoisotopic (exact) mass is 442 g/mol. The van der Waals surface area contributed by atoms with E-state index in [1.165, 1.54) is 11.0 Å². The predicted octanol–water partition coefficient (Wildman–Crippen LogP) is 3.41. The number of esters is 1. The molecule has 0 atom stereocenters. The van der Waals surface area contributed by atoms with Gasteiger partial charge in [0, 0.05) is 11.3 Å². The zero-order valence-electron chi connectivity index (χ0n) is 16.0. The van der Waals surface area contributed by atoms with Crippen LogP contribution in [0.15, 0.2) is 53.4 Å². The highest BCUT2D eigenvalue weighted by atomic mass is 32.2. The molecule has 2 aromatic carbocycles. The molecule has 0 spiro atoms. The van der Waals surface area contributed by atoms with Crippen molar-refractivity contribution in [1.29, 1.82) is 0 Å². The van der Waals surface area contributed by atoms with Crippen molar-refractivity contribution >= 4 is 57.8 Å². The van der Waals surface area contributed by atoms with Crippen LogP contribution in [0.1, 0.15) is 22.8 Å². The van der Waals surface area contributed by atoms with Gasteiger partial charge in [-0.05, 0) is 43.3 Å². The van der Waals surface area contributed by atoms with Crippen LogP contribution >= 0.6 is 24.0 Å². The molecule has 9 heteroatoms. The molecule has 0 unspecified atom stereocenters. The Hall–Kier alpha value is -3.17. The first kappa shape index (κ1) is 21.5. The van der Waals surface area contributed by atoms with E-state index in [2.05, 4.69) is 5.32 Å². The van der Waals surface area contributed by atoms with E-state index in [-0.39, 0.29) is 23.2 Å². The molecule has 1 aliphatic rings. The molecular formula is C21H18N2O5S2. The number of ether oxygens (including phenoxy) is 1. The molecule has 0 aromatic heterocycles. The lowest BCUT2D eigenvalue weighted by atomic mass is 10.2. The number of thiocarbonyl (C=S) groups is 1. The summed E-state index contributed by atoms with van der Waals surface area (Å²) in [4.78, 5) is 38.2. The van der Waals surface area contributed by atoms with Crippen LogP contribution < -0.4 is 5.32 Å². The summed E-state index contributed by atoms with van der Waals surface area (Å²) in [6, 6.07) is 12.9. The van der Waals surface area contributed by atoms with Crippen LogP contribution in [-0.4, -0.2) is 45.3 Å². The van der Waals surface area contributed by atoms with Crippen molar-refractivity contribution in [3.63, 3.8) is 0 Å². The minimum atomic E-state index is -0.441. The topological polar surface area (TPSA) is 95.9 Å². The molecular weight excluding hydrogens is 424 g/mol. The number of carbonyl (C=O) groups is 3. The zero-order valence-corrected chi connectivity index (χ0v) is 17.6. The standard InChI is InChI=1S/C21H18N2O5S2/c1-2-28-20(27)13-7-9-15(10-8-13)22-18(25)12-23-19(26)17(30-21(23)29)11-14-5-3-4-6-16(14)24/h3-11,24H,2,12H2,1H3,(H,22,25)/b17-11-. The summed E-state index contributed by atoms with van der Waals surface area (Å²) in [7, 11) is 0. The number of para-hydroxylation sites is 1. The van der Waals surface area contributed by atoms with Gasteiger partial charge in [-0.3, -0.25) is 14.5 Å². The van der Waals surface area contributed by atoms with Crippen LogP contribution in [0, 0.1) is 0 Å². The number of aromatic hydroxyl groups is 1. The third kappa shape index (κ3) is 5.05. The number of hydrogen-bond donors (Lipinski definition) is 2. The molecule has 2 amide bonds. The first-order valence-electron chi connectivity index (χ1n) is 8.99. The number of carbonyl (C=O) groups excluding carboxylic acids is 3. The van der Waals surface area contributed by atoms with Crippen molar-refractivity contribution in [1.82, 2.24) is 4.90 Å². The Morgan fingerprint density at radius 2 is 1.90 bits per heavy atom. The van der Waals surface area contributed by atoms with Crippen LogP contribution in [0.5, 0.6) is 5.75 Å². The lowest BCUT2D eigenvalue weighted by Gasteiger charge is -2.14. The molecule has 1 aliphatic heterocycles. The number of nitrogens with one attached hydrogen (secondary N) is 1. The number of phenolic OH excluding ortho intramolecular Hbond substituents is 1. The molecule has 2 N–H and O–H groups in total. The maximum Gasteiger partial charge on any atom is 0.338 e. The van der Waals surface area contributed by atoms with Crippen molar-refractivity contribution in [3.05, 3.63) is 64.6 Å². The summed E-state index contributed by atoms with van der Waals surface area (Å²) < 4.78 is 5.17. The van der Waals surface area contributed by atoms with Crippen LogP contribution in [0.4, 0.5) is 5.69 Å². The summed E-state index contributed by atoms with van der Waals surface area (Å²) in [6.45, 7) is 1.75. The largest absolute Gasteiger partial charge is 0.507 e. The van der Waals surface area contributed by atoms with Gasteiger partial charge in [-0.1, -0.05) is 42.2 Å². The molecule has 154 valence electrons. The summed E-state index contributed by atoms with van der Waals surface area (Å²) in [5.74, 6) is -1.23. The molecule has 0 saturated carbocycles. The average Bonchev–Trinajstić information content (AvgIpc) is 2.98. The second-order valence-corrected chi connectivity index (χ2v) is 7.85. The number of hydrogen-bond acceptors (Lipinski definition) is 7. The fourth-order valence-corrected chi connectivity index (χ4v) is 3.88. The summed E-state index contributed by atoms with van der Waals surface area (Å²) in [6.07, 6.45) is 1.54. The van der Waals surface area contributed by atoms with Gasteiger partial charge in [0.2, 0.25) is 5.91 Å². The maximum absolute atomic E-state index is 12.6. The number of amides is 2. The van der Waals surface area contributed by atoms with E-state index >= 15 is 0 Å². The lowest BCUT2D eigenvalue weighted by Crippen LogP contribution is -2.36. The van der Waals surface area contributed by atoms with Crippen LogP contribution in [0.3, 0.4) is 0 Å². The van der Waals surface area contributed by atoms with E-state index in [1.54, 1.807) is 55.5 Å². The first-order chi connectivity index (χ1) is 14.4. The normalized spacial score (nSPS) is 14.8. The van der Waals surface area contributed by atoms with Crippen LogP contribution in [0.2, 0.25) is 0 Å². The van der Waals surface area contributed by atoms with Crippen LogP contribution in [-0.2, 0) is 14.3 Å². The average molecular weight is 443 g/mol. The molecule has 30 heavy (non-hydrogen) atoms. The minimum absolute atomic E-state index is 0.0479. The smallest absolute Gasteiger partial charge is 0.338 e. The highest BCUT2D eigenvalue weighted by Crippen LogP contribution is 2.33. The Bertz CT molecular complexity index is 1030. The number of rotatable bonds is 6. The molecule has 7 nitrogen and oxygen atoms in total. The van der Waals surface area contributed by atoms with Crippen molar-refractivity contribution < 1.29 is 24.2 Å². The first-order valence-corrected chi connectivity index (χ1v) is 10.2. The summed E-state index contributed by atoms with van der Waals surface area (Å²) >= 11 is 6.30. The van der Waals surface area contributed by atoms with Crippen molar-refractivity contribution in [2.24, 2.45) is 0 Å². The number of nitrogens with zero attached hydrogens (tertiary/aromatic N) is 1. The number of phenols is 1. The Morgan fingerprint density at radius 1 is 1.20 bits per heavy atom. The van der Waals surface area contributed by atoms with Gasteiger partial charge in [-0.25, -0.2) is 4.79 Å². The highest BCUT2D eigenvalue weighted by molar-refractivity contribution is 8.26. The lowest BCUT2D eigenvalue weighted by molar-refractivity contribution is -0.126. The Morgan fingerprint density at radius 3 is 2.57 bits per heavy atom. The molecule has 2 aromatic rings. The highest BCUT2D eigenvalue weighted by Gasteiger charge is 2.33. The van der Waals surface area contributed by atoms with Gasteiger partial charge >= 0.3 is 5.97 Å². The molecule has 3 rings (SSSR count). The quantitative estimate of drug-likeness (QED) is 0.402. The Labute approximate surface area is 182 Å². The van der Waals surface area contributed by atoms with Crippen LogP contribution in [0.25, 0.3) is 6.08 Å². The molecule has 0 radical (unpaired) electrons. The van der Waals surface area contributed by atoms with Crippen molar-refractivity contribution in [2.75, 3.05) is 18.5 Å². The van der Waals surface area contributed by atoms with Gasteiger partial charge in [0.25, 0.3) is 5.91 Å². The molecule has 0 bridgehead atoms. The summed E-state index contributed by atoms with van der Waals surface area (Å²) in [5.41, 5.74) is 1.34. The van der Waals surface area contributed by atoms with Crippen molar-refractivity contribution in [3.8, 4) is 5.75 Å². The van der Waals surface area contributed by atoms with Gasteiger partial charge < -0.3 is 15.2 Å². The SMILES string of the molecule is CCOC(=O)c1ccc(NC(=O)CN2C(=O)/C(=C/c3ccccc3O)SC2=S)cc1. The van der Waals surface area contributed by atoms with Gasteiger partial charge in [-0.15, -0.1) is 0 Å². The molecule has 0 aliphatic carbocycles. The Balaban J connectivity index is 1.64. The maximum atomic E-state index is 12.6. The summed E-state index contributed by atoms with van der Waals surface area (Å²) in [5, 5.41) is 12.5. The van der Waals surface area contributed by atoms with Crippen molar-refractivity contribution in [2.45, 2.75) is 6.92 Å². The van der Waals surface area contributed by atoms with E-state index in [9.17, 15) is 19.5 Å². The van der Waals surface area contributed by atoms with E-state index in [0.29, 0.717) is 21.7 Å². The molecule has 1 heterocycles. The van der Waals surface area contributed by atoms with Gasteiger partial charge in [0.05, 0.1) is 17.1 Å². The van der Waals surface area contributed by atoms with E-state index in [0.717, 1.165) is 11.8 Å². The number of anilines is 1. The minimum Gasteiger partial charge on any atom is -0.507 e. The van der Waals surface area contributed by atoms with Gasteiger partial charge in [0.15, 0.2) is 0 Å². The zero-order chi connectivity index (χ0) is 21.7. The predicted molar refractivity (Wildman–Crippen MR) is 119 cm³/mol. The van der Waals surface area contributed by atoms with Gasteiger partial charge in [0.1, 0.15) is 16.6 Å². The fraction of sp³-hybridized carbons (Fsp3) is 0.143.